The number of aromatic nitrogens is 4. The first-order valence-corrected chi connectivity index (χ1v) is 12.1. The number of likely N-dealkylation sites (tertiary alicyclic amines) is 1. The van der Waals surface area contributed by atoms with Crippen molar-refractivity contribution in [2.45, 2.75) is 49.9 Å². The Balaban J connectivity index is 1.25. The summed E-state index contributed by atoms with van der Waals surface area (Å²) in [7, 11) is 0. The van der Waals surface area contributed by atoms with E-state index in [4.69, 9.17) is 27.9 Å². The number of hydrogen-bond donors (Lipinski definition) is 1. The number of ether oxygens (including phenoxy) is 1. The third-order valence-electron chi connectivity index (χ3n) is 7.25. The summed E-state index contributed by atoms with van der Waals surface area (Å²) in [5.74, 6) is 0.159. The lowest BCUT2D eigenvalue weighted by Gasteiger charge is -2.43. The molecule has 3 aliphatic rings. The molecule has 0 spiro atoms. The molecule has 2 unspecified atom stereocenters. The number of rotatable bonds is 5. The number of piperidine rings is 1. The first kappa shape index (κ1) is 21.5. The molecule has 3 aromatic rings. The van der Waals surface area contributed by atoms with E-state index < -0.39 is 6.17 Å². The fourth-order valence-corrected chi connectivity index (χ4v) is 5.42. The van der Waals surface area contributed by atoms with Gasteiger partial charge in [0.05, 0.1) is 42.2 Å². The number of halogens is 3. The van der Waals surface area contributed by atoms with Gasteiger partial charge in [0.1, 0.15) is 6.17 Å². The molecule has 0 amide bonds. The summed E-state index contributed by atoms with van der Waals surface area (Å²) in [6, 6.07) is 4.07. The van der Waals surface area contributed by atoms with E-state index in [1.807, 2.05) is 16.8 Å². The van der Waals surface area contributed by atoms with Gasteiger partial charge in [-0.15, -0.1) is 0 Å². The maximum Gasteiger partial charge on any atom is 0.227 e. The van der Waals surface area contributed by atoms with Crippen molar-refractivity contribution in [3.63, 3.8) is 0 Å². The van der Waals surface area contributed by atoms with Gasteiger partial charge in [0.15, 0.2) is 5.15 Å². The molecule has 6 rings (SSSR count). The molecule has 3 fully saturated rings. The molecule has 1 aliphatic carbocycles. The van der Waals surface area contributed by atoms with Crippen LogP contribution < -0.4 is 5.32 Å². The smallest absolute Gasteiger partial charge is 0.227 e. The molecule has 1 N–H and O–H groups in total. The predicted octanol–water partition coefficient (Wildman–Crippen LogP) is 4.91. The maximum absolute atomic E-state index is 15.2. The van der Waals surface area contributed by atoms with E-state index in [1.54, 1.807) is 12.4 Å². The Morgan fingerprint density at radius 2 is 2.03 bits per heavy atom. The van der Waals surface area contributed by atoms with Crippen LogP contribution in [0.2, 0.25) is 10.2 Å². The Morgan fingerprint density at radius 3 is 2.73 bits per heavy atom. The van der Waals surface area contributed by atoms with E-state index >= 15 is 4.39 Å². The molecule has 1 aromatic carbocycles. The third-order valence-corrected chi connectivity index (χ3v) is 7.94. The predicted molar refractivity (Wildman–Crippen MR) is 126 cm³/mol. The highest BCUT2D eigenvalue weighted by Crippen LogP contribution is 2.45. The standard InChI is InChI=1S/C23H25Cl2FN6O/c1-23(3-4-23)32-21(25)20(9-28-32)30-22-27-8-13-6-17(24)16(7-19(13)29-22)15-2-5-31(10-18(15)26)14-11-33-12-14/h6-9,14-15,18H,2-5,10-12H2,1H3,(H,27,29,30). The van der Waals surface area contributed by atoms with Crippen molar-refractivity contribution in [2.24, 2.45) is 0 Å². The zero-order valence-electron chi connectivity index (χ0n) is 18.3. The fourth-order valence-electron chi connectivity index (χ4n) is 4.76. The van der Waals surface area contributed by atoms with Gasteiger partial charge in [-0.05, 0) is 50.4 Å². The van der Waals surface area contributed by atoms with E-state index in [0.29, 0.717) is 59.5 Å². The Labute approximate surface area is 201 Å². The molecule has 2 aromatic heterocycles. The second-order valence-electron chi connectivity index (χ2n) is 9.61. The molecule has 4 heterocycles. The lowest BCUT2D eigenvalue weighted by atomic mass is 9.86. The zero-order chi connectivity index (χ0) is 22.7. The van der Waals surface area contributed by atoms with Crippen molar-refractivity contribution in [3.8, 4) is 0 Å². The van der Waals surface area contributed by atoms with Crippen LogP contribution in [0.5, 0.6) is 0 Å². The first-order valence-electron chi connectivity index (χ1n) is 11.3. The summed E-state index contributed by atoms with van der Waals surface area (Å²) in [5.41, 5.74) is 2.18. The minimum absolute atomic E-state index is 0.00293. The van der Waals surface area contributed by atoms with Crippen molar-refractivity contribution < 1.29 is 9.13 Å². The molecule has 33 heavy (non-hydrogen) atoms. The van der Waals surface area contributed by atoms with E-state index in [0.717, 1.165) is 30.3 Å². The Bertz CT molecular complexity index is 1210. The lowest BCUT2D eigenvalue weighted by molar-refractivity contribution is -0.0806. The lowest BCUT2D eigenvalue weighted by Crippen LogP contribution is -2.54. The molecular weight excluding hydrogens is 466 g/mol. The van der Waals surface area contributed by atoms with E-state index in [2.05, 4.69) is 32.2 Å². The van der Waals surface area contributed by atoms with Crippen molar-refractivity contribution in [1.29, 1.82) is 0 Å². The summed E-state index contributed by atoms with van der Waals surface area (Å²) < 4.78 is 22.3. The summed E-state index contributed by atoms with van der Waals surface area (Å²) in [6.07, 6.45) is 5.27. The van der Waals surface area contributed by atoms with Crippen LogP contribution >= 0.6 is 23.2 Å². The second kappa shape index (κ2) is 8.05. The van der Waals surface area contributed by atoms with Crippen molar-refractivity contribution >= 4 is 45.7 Å². The summed E-state index contributed by atoms with van der Waals surface area (Å²) >= 11 is 13.1. The van der Waals surface area contributed by atoms with Crippen molar-refractivity contribution in [3.05, 3.63) is 40.3 Å². The average molecular weight is 491 g/mol. The molecule has 0 radical (unpaired) electrons. The van der Waals surface area contributed by atoms with Crippen molar-refractivity contribution in [1.82, 2.24) is 24.6 Å². The molecule has 2 atom stereocenters. The molecule has 10 heteroatoms. The van der Waals surface area contributed by atoms with Crippen LogP contribution in [-0.2, 0) is 10.3 Å². The highest BCUT2D eigenvalue weighted by molar-refractivity contribution is 6.32. The number of nitrogens with one attached hydrogen (secondary N) is 1. The Hall–Kier alpha value is -2.00. The van der Waals surface area contributed by atoms with Gasteiger partial charge in [-0.1, -0.05) is 23.2 Å². The molecule has 7 nitrogen and oxygen atoms in total. The van der Waals surface area contributed by atoms with Gasteiger partial charge in [0, 0.05) is 29.1 Å². The number of fused-ring (bicyclic) bond motifs is 1. The molecular formula is C23H25Cl2FN6O. The highest BCUT2D eigenvalue weighted by atomic mass is 35.5. The first-order chi connectivity index (χ1) is 15.9. The quantitative estimate of drug-likeness (QED) is 0.547. The fraction of sp³-hybridized carbons (Fsp3) is 0.522. The van der Waals surface area contributed by atoms with Crippen LogP contribution in [0, 0.1) is 0 Å². The molecule has 2 saturated heterocycles. The monoisotopic (exact) mass is 490 g/mol. The van der Waals surface area contributed by atoms with Gasteiger partial charge in [-0.3, -0.25) is 4.90 Å². The van der Waals surface area contributed by atoms with Crippen LogP contribution in [0.3, 0.4) is 0 Å². The zero-order valence-corrected chi connectivity index (χ0v) is 19.8. The van der Waals surface area contributed by atoms with E-state index in [-0.39, 0.29) is 11.5 Å². The average Bonchev–Trinajstić information content (AvgIpc) is 3.39. The van der Waals surface area contributed by atoms with Gasteiger partial charge in [-0.2, -0.15) is 5.10 Å². The van der Waals surface area contributed by atoms with Gasteiger partial charge in [-0.25, -0.2) is 19.0 Å². The van der Waals surface area contributed by atoms with Crippen LogP contribution in [0.25, 0.3) is 10.9 Å². The van der Waals surface area contributed by atoms with Crippen LogP contribution in [-0.4, -0.2) is 63.2 Å². The number of hydrogen-bond acceptors (Lipinski definition) is 6. The summed E-state index contributed by atoms with van der Waals surface area (Å²) in [4.78, 5) is 11.3. The van der Waals surface area contributed by atoms with Crippen LogP contribution in [0.1, 0.15) is 37.7 Å². The van der Waals surface area contributed by atoms with Gasteiger partial charge in [0.2, 0.25) is 5.95 Å². The van der Waals surface area contributed by atoms with Gasteiger partial charge in [0.25, 0.3) is 0 Å². The second-order valence-corrected chi connectivity index (χ2v) is 10.4. The van der Waals surface area contributed by atoms with Crippen LogP contribution in [0.15, 0.2) is 24.5 Å². The maximum atomic E-state index is 15.2. The topological polar surface area (TPSA) is 68.1 Å². The number of nitrogens with zero attached hydrogens (tertiary/aromatic N) is 5. The summed E-state index contributed by atoms with van der Waals surface area (Å²) in [5, 5.41) is 9.51. The third kappa shape index (κ3) is 3.87. The number of anilines is 2. The largest absolute Gasteiger partial charge is 0.378 e. The molecule has 1 saturated carbocycles. The van der Waals surface area contributed by atoms with Crippen LogP contribution in [0.4, 0.5) is 16.0 Å². The van der Waals surface area contributed by atoms with Gasteiger partial charge < -0.3 is 10.1 Å². The Morgan fingerprint density at radius 1 is 1.21 bits per heavy atom. The number of alkyl halides is 1. The minimum atomic E-state index is -0.984. The minimum Gasteiger partial charge on any atom is -0.378 e. The highest BCUT2D eigenvalue weighted by Gasteiger charge is 2.42. The molecule has 174 valence electrons. The SMILES string of the molecule is CC1(n2ncc(Nc3ncc4cc(Cl)c(C5CCN(C6COC6)CC5F)cc4n3)c2Cl)CC1. The van der Waals surface area contributed by atoms with Crippen molar-refractivity contribution in [2.75, 3.05) is 31.6 Å². The van der Waals surface area contributed by atoms with E-state index in [9.17, 15) is 0 Å². The number of benzene rings is 1. The van der Waals surface area contributed by atoms with E-state index in [1.165, 1.54) is 0 Å². The summed E-state index contributed by atoms with van der Waals surface area (Å²) in [6.45, 7) is 4.78. The Kier molecular flexibility index (Phi) is 5.25. The molecule has 2 aliphatic heterocycles. The van der Waals surface area contributed by atoms with Gasteiger partial charge >= 0.3 is 0 Å². The normalized spacial score (nSPS) is 25.2. The molecule has 0 bridgehead atoms.